The van der Waals surface area contributed by atoms with Crippen LogP contribution in [0.5, 0.6) is 0 Å². The lowest BCUT2D eigenvalue weighted by molar-refractivity contribution is 0.102. The lowest BCUT2D eigenvalue weighted by atomic mass is 10.2. The van der Waals surface area contributed by atoms with Crippen LogP contribution in [0.25, 0.3) is 0 Å². The van der Waals surface area contributed by atoms with Gasteiger partial charge in [-0.2, -0.15) is 0 Å². The molecule has 0 atom stereocenters. The topological polar surface area (TPSA) is 90.1 Å². The molecule has 0 aliphatic carbocycles. The summed E-state index contributed by atoms with van der Waals surface area (Å²) in [4.78, 5) is 15.2. The van der Waals surface area contributed by atoms with Crippen molar-refractivity contribution in [3.05, 3.63) is 4.88 Å². The minimum absolute atomic E-state index is 0.0135. The molecule has 0 amide bonds. The molecule has 0 fully saturated rings. The Labute approximate surface area is 111 Å². The van der Waals surface area contributed by atoms with E-state index in [9.17, 15) is 13.2 Å². The van der Waals surface area contributed by atoms with Gasteiger partial charge in [0.2, 0.25) is 14.2 Å². The van der Waals surface area contributed by atoms with Crippen LogP contribution in [0, 0.1) is 0 Å². The SMILES string of the molecule is CCCCCCS(=O)(=O)c1nc(N)c(C(C)=O)s1. The Hall–Kier alpha value is -0.950. The van der Waals surface area contributed by atoms with Gasteiger partial charge in [-0.15, -0.1) is 0 Å². The maximum absolute atomic E-state index is 12.0. The van der Waals surface area contributed by atoms with Crippen molar-refractivity contribution in [1.82, 2.24) is 4.98 Å². The number of nitrogen functional groups attached to an aromatic ring is 1. The van der Waals surface area contributed by atoms with E-state index < -0.39 is 9.84 Å². The average molecular weight is 290 g/mol. The van der Waals surface area contributed by atoms with Crippen molar-refractivity contribution >= 4 is 32.8 Å². The highest BCUT2D eigenvalue weighted by molar-refractivity contribution is 7.93. The summed E-state index contributed by atoms with van der Waals surface area (Å²) in [5.41, 5.74) is 5.53. The van der Waals surface area contributed by atoms with Crippen molar-refractivity contribution in [3.63, 3.8) is 0 Å². The van der Waals surface area contributed by atoms with E-state index >= 15 is 0 Å². The summed E-state index contributed by atoms with van der Waals surface area (Å²) in [5, 5.41) is 0. The van der Waals surface area contributed by atoms with Gasteiger partial charge in [-0.1, -0.05) is 37.5 Å². The van der Waals surface area contributed by atoms with Crippen molar-refractivity contribution < 1.29 is 13.2 Å². The first-order valence-corrected chi connectivity index (χ1v) is 8.35. The van der Waals surface area contributed by atoms with Crippen molar-refractivity contribution in [2.24, 2.45) is 0 Å². The predicted molar refractivity (Wildman–Crippen MR) is 72.7 cm³/mol. The highest BCUT2D eigenvalue weighted by atomic mass is 32.2. The normalized spacial score (nSPS) is 11.7. The average Bonchev–Trinajstić information content (AvgIpc) is 2.68. The second-order valence-electron chi connectivity index (χ2n) is 4.13. The smallest absolute Gasteiger partial charge is 0.211 e. The van der Waals surface area contributed by atoms with Gasteiger partial charge in [0.05, 0.1) is 5.75 Å². The highest BCUT2D eigenvalue weighted by Crippen LogP contribution is 2.26. The molecule has 0 aromatic carbocycles. The number of anilines is 1. The summed E-state index contributed by atoms with van der Waals surface area (Å²) in [6.45, 7) is 3.41. The van der Waals surface area contributed by atoms with E-state index in [1.54, 1.807) is 0 Å². The Balaban J connectivity index is 2.79. The molecule has 7 heteroatoms. The monoisotopic (exact) mass is 290 g/mol. The van der Waals surface area contributed by atoms with E-state index in [4.69, 9.17) is 5.73 Å². The number of unbranched alkanes of at least 4 members (excludes halogenated alkanes) is 3. The van der Waals surface area contributed by atoms with Gasteiger partial charge in [0, 0.05) is 6.92 Å². The van der Waals surface area contributed by atoms with Crippen LogP contribution in [0.4, 0.5) is 5.82 Å². The van der Waals surface area contributed by atoms with E-state index in [1.165, 1.54) is 6.92 Å². The zero-order valence-electron chi connectivity index (χ0n) is 10.6. The maximum atomic E-state index is 12.0. The van der Waals surface area contributed by atoms with Gasteiger partial charge in [0.25, 0.3) is 0 Å². The van der Waals surface area contributed by atoms with Crippen molar-refractivity contribution in [2.75, 3.05) is 11.5 Å². The van der Waals surface area contributed by atoms with Gasteiger partial charge < -0.3 is 5.73 Å². The molecule has 0 saturated carbocycles. The molecular formula is C11H18N2O3S2. The number of hydrogen-bond donors (Lipinski definition) is 1. The first kappa shape index (κ1) is 15.1. The summed E-state index contributed by atoms with van der Waals surface area (Å²) in [6.07, 6.45) is 3.58. The van der Waals surface area contributed by atoms with Crippen LogP contribution in [-0.4, -0.2) is 24.9 Å². The van der Waals surface area contributed by atoms with E-state index in [0.717, 1.165) is 30.6 Å². The molecule has 1 heterocycles. The number of hydrogen-bond acceptors (Lipinski definition) is 6. The Morgan fingerprint density at radius 1 is 1.33 bits per heavy atom. The quantitative estimate of drug-likeness (QED) is 0.614. The van der Waals surface area contributed by atoms with Crippen LogP contribution in [0.2, 0.25) is 0 Å². The number of carbonyl (C=O) groups is 1. The standard InChI is InChI=1S/C11H18N2O3S2/c1-3-4-5-6-7-18(15,16)11-13-10(12)9(17-11)8(2)14/h3-7,12H2,1-2H3. The molecular weight excluding hydrogens is 272 g/mol. The summed E-state index contributed by atoms with van der Waals surface area (Å²) in [5.74, 6) is -0.172. The zero-order chi connectivity index (χ0) is 13.8. The molecule has 1 rings (SSSR count). The molecule has 0 saturated heterocycles. The second kappa shape index (κ2) is 6.29. The van der Waals surface area contributed by atoms with Crippen LogP contribution >= 0.6 is 11.3 Å². The molecule has 5 nitrogen and oxygen atoms in total. The fourth-order valence-corrected chi connectivity index (χ4v) is 4.12. The summed E-state index contributed by atoms with van der Waals surface area (Å²) in [6, 6.07) is 0. The first-order valence-electron chi connectivity index (χ1n) is 5.88. The third-order valence-electron chi connectivity index (χ3n) is 2.49. The van der Waals surface area contributed by atoms with Crippen LogP contribution in [0.3, 0.4) is 0 Å². The third-order valence-corrected chi connectivity index (χ3v) is 5.91. The number of nitrogens with zero attached hydrogens (tertiary/aromatic N) is 1. The van der Waals surface area contributed by atoms with Crippen molar-refractivity contribution in [3.8, 4) is 0 Å². The minimum Gasteiger partial charge on any atom is -0.382 e. The molecule has 18 heavy (non-hydrogen) atoms. The van der Waals surface area contributed by atoms with Crippen molar-refractivity contribution in [1.29, 1.82) is 0 Å². The number of nitrogens with two attached hydrogens (primary N) is 1. The molecule has 1 aromatic rings. The number of Topliss-reactive ketones (excluding diaryl/α,β-unsaturated/α-hetero) is 1. The Morgan fingerprint density at radius 3 is 2.50 bits per heavy atom. The molecule has 102 valence electrons. The van der Waals surface area contributed by atoms with Gasteiger partial charge in [0.15, 0.2) is 5.78 Å². The van der Waals surface area contributed by atoms with Crippen LogP contribution < -0.4 is 5.73 Å². The Kier molecular flexibility index (Phi) is 5.28. The Morgan fingerprint density at radius 2 is 2.00 bits per heavy atom. The van der Waals surface area contributed by atoms with Crippen LogP contribution in [0.1, 0.15) is 49.2 Å². The number of ketones is 1. The zero-order valence-corrected chi connectivity index (χ0v) is 12.2. The molecule has 0 aliphatic heterocycles. The fraction of sp³-hybridized carbons (Fsp3) is 0.636. The van der Waals surface area contributed by atoms with Gasteiger partial charge in [0.1, 0.15) is 10.7 Å². The lowest BCUT2D eigenvalue weighted by Crippen LogP contribution is -2.06. The molecule has 0 spiro atoms. The fourth-order valence-electron chi connectivity index (χ4n) is 1.50. The summed E-state index contributed by atoms with van der Waals surface area (Å²) < 4.78 is 23.9. The van der Waals surface area contributed by atoms with Gasteiger partial charge in [-0.05, 0) is 6.42 Å². The number of rotatable bonds is 7. The molecule has 2 N–H and O–H groups in total. The van der Waals surface area contributed by atoms with Gasteiger partial charge >= 0.3 is 0 Å². The number of aromatic nitrogens is 1. The largest absolute Gasteiger partial charge is 0.382 e. The molecule has 0 aliphatic rings. The van der Waals surface area contributed by atoms with E-state index in [2.05, 4.69) is 11.9 Å². The molecule has 0 bridgehead atoms. The molecule has 1 aromatic heterocycles. The van der Waals surface area contributed by atoms with E-state index in [0.29, 0.717) is 6.42 Å². The second-order valence-corrected chi connectivity index (χ2v) is 7.41. The predicted octanol–water partition coefficient (Wildman–Crippen LogP) is 2.28. The van der Waals surface area contributed by atoms with Crippen LogP contribution in [0.15, 0.2) is 4.34 Å². The number of carbonyl (C=O) groups excluding carboxylic acids is 1. The number of thiazole rings is 1. The minimum atomic E-state index is -3.40. The molecule has 0 radical (unpaired) electrons. The first-order chi connectivity index (χ1) is 8.38. The van der Waals surface area contributed by atoms with Crippen molar-refractivity contribution in [2.45, 2.75) is 43.9 Å². The van der Waals surface area contributed by atoms with Crippen LogP contribution in [-0.2, 0) is 9.84 Å². The van der Waals surface area contributed by atoms with E-state index in [1.807, 2.05) is 0 Å². The van der Waals surface area contributed by atoms with Gasteiger partial charge in [-0.25, -0.2) is 13.4 Å². The Bertz CT molecular complexity index is 520. The summed E-state index contributed by atoms with van der Waals surface area (Å²) >= 11 is 0.865. The third kappa shape index (κ3) is 3.78. The van der Waals surface area contributed by atoms with E-state index in [-0.39, 0.29) is 26.6 Å². The molecule has 0 unspecified atom stereocenters. The van der Waals surface area contributed by atoms with Gasteiger partial charge in [-0.3, -0.25) is 4.79 Å². The summed E-state index contributed by atoms with van der Waals surface area (Å²) in [7, 11) is -3.40. The highest BCUT2D eigenvalue weighted by Gasteiger charge is 2.22. The lowest BCUT2D eigenvalue weighted by Gasteiger charge is -1.99. The maximum Gasteiger partial charge on any atom is 0.211 e. The number of sulfone groups is 1.